The van der Waals surface area contributed by atoms with Crippen molar-refractivity contribution in [2.24, 2.45) is 0 Å². The summed E-state index contributed by atoms with van der Waals surface area (Å²) in [5, 5.41) is 23.7. The van der Waals surface area contributed by atoms with E-state index < -0.39 is 17.9 Å². The van der Waals surface area contributed by atoms with E-state index in [4.69, 9.17) is 15.3 Å². The molecule has 0 aliphatic rings. The van der Waals surface area contributed by atoms with Crippen molar-refractivity contribution in [3.05, 3.63) is 36.5 Å². The standard InChI is InChI=1S/3C4H6O2.Y/c3*1-3(2)4(5)6;/h3*1H2,2H3,(H,5,6);. The molecule has 0 aromatic carbocycles. The van der Waals surface area contributed by atoms with Crippen LogP contribution in [-0.2, 0) is 47.1 Å². The molecule has 0 aliphatic carbocycles. The Labute approximate surface area is 137 Å². The summed E-state index contributed by atoms with van der Waals surface area (Å²) in [6.45, 7) is 13.8. The van der Waals surface area contributed by atoms with E-state index in [0.717, 1.165) is 0 Å². The quantitative estimate of drug-likeness (QED) is 0.673. The third-order valence-corrected chi connectivity index (χ3v) is 1.10. The van der Waals surface area contributed by atoms with Gasteiger partial charge in [-0.2, -0.15) is 0 Å². The Hall–Kier alpha value is -1.27. The van der Waals surface area contributed by atoms with Crippen LogP contribution in [0.1, 0.15) is 20.8 Å². The predicted molar refractivity (Wildman–Crippen MR) is 67.3 cm³/mol. The van der Waals surface area contributed by atoms with Crippen LogP contribution in [0.15, 0.2) is 36.5 Å². The van der Waals surface area contributed by atoms with Crippen molar-refractivity contribution < 1.29 is 62.4 Å². The molecular weight excluding hydrogens is 329 g/mol. The van der Waals surface area contributed by atoms with Gasteiger partial charge in [0, 0.05) is 49.4 Å². The molecule has 0 heterocycles. The van der Waals surface area contributed by atoms with Crippen molar-refractivity contribution in [3.8, 4) is 0 Å². The second kappa shape index (κ2) is 14.8. The van der Waals surface area contributed by atoms with Gasteiger partial charge in [-0.15, -0.1) is 0 Å². The van der Waals surface area contributed by atoms with E-state index in [9.17, 15) is 14.4 Å². The maximum absolute atomic E-state index is 9.60. The SMILES string of the molecule is C=C(C)C(=O)O.C=C(C)C(=O)O.C=C(C)C(=O)O.[Y]. The van der Waals surface area contributed by atoms with Gasteiger partial charge in [-0.25, -0.2) is 14.4 Å². The van der Waals surface area contributed by atoms with Crippen LogP contribution < -0.4 is 0 Å². The van der Waals surface area contributed by atoms with Crippen LogP contribution in [0.2, 0.25) is 0 Å². The predicted octanol–water partition coefficient (Wildman–Crippen LogP) is 1.94. The minimum atomic E-state index is -0.935. The summed E-state index contributed by atoms with van der Waals surface area (Å²) in [6.07, 6.45) is 0. The van der Waals surface area contributed by atoms with Gasteiger partial charge in [0.05, 0.1) is 0 Å². The Balaban J connectivity index is -0.0000000865. The van der Waals surface area contributed by atoms with Crippen molar-refractivity contribution in [2.75, 3.05) is 0 Å². The minimum Gasteiger partial charge on any atom is -0.478 e. The first kappa shape index (κ1) is 26.3. The molecule has 0 atom stereocenters. The van der Waals surface area contributed by atoms with Gasteiger partial charge in [-0.1, -0.05) is 19.7 Å². The van der Waals surface area contributed by atoms with E-state index in [2.05, 4.69) is 19.7 Å². The topological polar surface area (TPSA) is 112 Å². The van der Waals surface area contributed by atoms with E-state index in [-0.39, 0.29) is 49.4 Å². The van der Waals surface area contributed by atoms with E-state index in [0.29, 0.717) is 0 Å². The van der Waals surface area contributed by atoms with Crippen LogP contribution in [0, 0.1) is 0 Å². The van der Waals surface area contributed by atoms with Gasteiger partial charge < -0.3 is 15.3 Å². The van der Waals surface area contributed by atoms with Crippen LogP contribution in [0.25, 0.3) is 0 Å². The van der Waals surface area contributed by atoms with Crippen molar-refractivity contribution in [3.63, 3.8) is 0 Å². The summed E-state index contributed by atoms with van der Waals surface area (Å²) in [6, 6.07) is 0. The second-order valence-corrected chi connectivity index (χ2v) is 3.26. The number of rotatable bonds is 3. The minimum absolute atomic E-state index is 0. The van der Waals surface area contributed by atoms with Crippen molar-refractivity contribution in [1.82, 2.24) is 0 Å². The van der Waals surface area contributed by atoms with E-state index in [1.165, 1.54) is 20.8 Å². The second-order valence-electron chi connectivity index (χ2n) is 3.26. The fraction of sp³-hybridized carbons (Fsp3) is 0.250. The first-order valence-corrected chi connectivity index (χ1v) is 4.59. The maximum atomic E-state index is 9.60. The molecular formula is C12H18O6Y. The zero-order valence-corrected chi connectivity index (χ0v) is 14.1. The van der Waals surface area contributed by atoms with Gasteiger partial charge >= 0.3 is 17.9 Å². The molecule has 0 aromatic rings. The summed E-state index contributed by atoms with van der Waals surface area (Å²) < 4.78 is 0. The zero-order valence-electron chi connectivity index (χ0n) is 11.3. The van der Waals surface area contributed by atoms with Crippen LogP contribution in [-0.4, -0.2) is 33.2 Å². The third kappa shape index (κ3) is 31.5. The first-order valence-electron chi connectivity index (χ1n) is 4.59. The third-order valence-electron chi connectivity index (χ3n) is 1.10. The number of aliphatic carboxylic acids is 3. The van der Waals surface area contributed by atoms with Crippen molar-refractivity contribution >= 4 is 17.9 Å². The van der Waals surface area contributed by atoms with Crippen molar-refractivity contribution in [2.45, 2.75) is 20.8 Å². The van der Waals surface area contributed by atoms with Gasteiger partial charge in [0.2, 0.25) is 0 Å². The molecule has 105 valence electrons. The summed E-state index contributed by atoms with van der Waals surface area (Å²) in [7, 11) is 0. The summed E-state index contributed by atoms with van der Waals surface area (Å²) >= 11 is 0. The molecule has 0 aromatic heterocycles. The largest absolute Gasteiger partial charge is 0.478 e. The molecule has 0 spiro atoms. The fourth-order valence-electron chi connectivity index (χ4n) is 0. The Bertz CT molecular complexity index is 277. The number of carboxylic acids is 3. The summed E-state index contributed by atoms with van der Waals surface area (Å²) in [5.74, 6) is -2.81. The molecule has 0 rings (SSSR count). The molecule has 0 unspecified atom stereocenters. The molecule has 0 saturated heterocycles. The van der Waals surface area contributed by atoms with Crippen LogP contribution >= 0.6 is 0 Å². The summed E-state index contributed by atoms with van der Waals surface area (Å²) in [4.78, 5) is 28.8. The monoisotopic (exact) mass is 347 g/mol. The fourth-order valence-corrected chi connectivity index (χ4v) is 0. The van der Waals surface area contributed by atoms with E-state index in [1.807, 2.05) is 0 Å². The smallest absolute Gasteiger partial charge is 0.330 e. The molecule has 0 amide bonds. The molecule has 7 heteroatoms. The van der Waals surface area contributed by atoms with E-state index in [1.54, 1.807) is 0 Å². The molecule has 0 aliphatic heterocycles. The molecule has 3 N–H and O–H groups in total. The van der Waals surface area contributed by atoms with Crippen LogP contribution in [0.3, 0.4) is 0 Å². The first-order chi connectivity index (χ1) is 7.93. The Kier molecular flexibility index (Phi) is 20.5. The van der Waals surface area contributed by atoms with Gasteiger partial charge in [0.25, 0.3) is 0 Å². The average molecular weight is 347 g/mol. The van der Waals surface area contributed by atoms with E-state index >= 15 is 0 Å². The van der Waals surface area contributed by atoms with Crippen LogP contribution in [0.5, 0.6) is 0 Å². The molecule has 0 fully saturated rings. The van der Waals surface area contributed by atoms with Gasteiger partial charge in [-0.05, 0) is 20.8 Å². The van der Waals surface area contributed by atoms with Gasteiger partial charge in [-0.3, -0.25) is 0 Å². The van der Waals surface area contributed by atoms with Crippen LogP contribution in [0.4, 0.5) is 0 Å². The molecule has 0 saturated carbocycles. The average Bonchev–Trinajstić information content (AvgIpc) is 2.18. The number of hydrogen-bond donors (Lipinski definition) is 3. The molecule has 6 nitrogen and oxygen atoms in total. The zero-order chi connectivity index (χ0) is 15.5. The number of carboxylic acid groups (broad SMARTS) is 3. The number of carbonyl (C=O) groups is 3. The normalized spacial score (nSPS) is 7.11. The van der Waals surface area contributed by atoms with Gasteiger partial charge in [0.15, 0.2) is 0 Å². The van der Waals surface area contributed by atoms with Crippen molar-refractivity contribution in [1.29, 1.82) is 0 Å². The molecule has 1 radical (unpaired) electrons. The Morgan fingerprint density at radius 3 is 0.684 bits per heavy atom. The molecule has 0 bridgehead atoms. The number of hydrogen-bond acceptors (Lipinski definition) is 3. The summed E-state index contributed by atoms with van der Waals surface area (Å²) in [5.41, 5.74) is 0.528. The van der Waals surface area contributed by atoms with Gasteiger partial charge in [0.1, 0.15) is 0 Å². The maximum Gasteiger partial charge on any atom is 0.330 e. The Morgan fingerprint density at radius 2 is 0.684 bits per heavy atom. The molecule has 19 heavy (non-hydrogen) atoms. The Morgan fingerprint density at radius 1 is 0.632 bits per heavy atom.